The van der Waals surface area contributed by atoms with E-state index in [4.69, 9.17) is 5.11 Å². The number of ether oxygens (including phenoxy) is 1. The Hall–Kier alpha value is -2.18. The summed E-state index contributed by atoms with van der Waals surface area (Å²) in [6.07, 6.45) is 4.80. The summed E-state index contributed by atoms with van der Waals surface area (Å²) >= 11 is 0. The van der Waals surface area contributed by atoms with E-state index in [2.05, 4.69) is 20.0 Å². The van der Waals surface area contributed by atoms with E-state index in [9.17, 15) is 9.59 Å². The van der Waals surface area contributed by atoms with E-state index in [0.717, 1.165) is 12.8 Å². The molecular formula is C12H17N3O4. The van der Waals surface area contributed by atoms with Crippen molar-refractivity contribution in [2.24, 2.45) is 0 Å². The van der Waals surface area contributed by atoms with E-state index < -0.39 is 18.0 Å². The molecule has 1 heterocycles. The third kappa shape index (κ3) is 4.53. The maximum absolute atomic E-state index is 11.3. The van der Waals surface area contributed by atoms with Crippen molar-refractivity contribution in [2.75, 3.05) is 12.4 Å². The minimum Gasteiger partial charge on any atom is -0.480 e. The molecule has 0 unspecified atom stereocenters. The summed E-state index contributed by atoms with van der Waals surface area (Å²) in [5, 5.41) is 11.8. The van der Waals surface area contributed by atoms with Crippen molar-refractivity contribution in [3.63, 3.8) is 0 Å². The number of hydrogen-bond acceptors (Lipinski definition) is 6. The van der Waals surface area contributed by atoms with Crippen LogP contribution in [-0.2, 0) is 9.53 Å². The van der Waals surface area contributed by atoms with Crippen molar-refractivity contribution in [1.82, 2.24) is 9.97 Å². The molecule has 1 aromatic rings. The highest BCUT2D eigenvalue weighted by Crippen LogP contribution is 2.09. The van der Waals surface area contributed by atoms with Gasteiger partial charge in [-0.2, -0.15) is 0 Å². The number of esters is 1. The first-order valence-corrected chi connectivity index (χ1v) is 5.98. The molecule has 0 bridgehead atoms. The van der Waals surface area contributed by atoms with Crippen molar-refractivity contribution in [2.45, 2.75) is 32.2 Å². The topological polar surface area (TPSA) is 101 Å². The van der Waals surface area contributed by atoms with E-state index in [0.29, 0.717) is 6.42 Å². The number of carbonyl (C=O) groups excluding carboxylic acids is 1. The molecule has 0 aliphatic carbocycles. The number of nitrogens with zero attached hydrogens (tertiary/aromatic N) is 2. The number of anilines is 1. The van der Waals surface area contributed by atoms with Crippen molar-refractivity contribution < 1.29 is 19.4 Å². The van der Waals surface area contributed by atoms with Gasteiger partial charge in [0.2, 0.25) is 0 Å². The van der Waals surface area contributed by atoms with Crippen LogP contribution in [0, 0.1) is 0 Å². The zero-order valence-corrected chi connectivity index (χ0v) is 10.9. The van der Waals surface area contributed by atoms with E-state index in [1.165, 1.54) is 19.5 Å². The Bertz CT molecular complexity index is 450. The van der Waals surface area contributed by atoms with E-state index in [1.54, 1.807) is 0 Å². The lowest BCUT2D eigenvalue weighted by molar-refractivity contribution is -0.138. The summed E-state index contributed by atoms with van der Waals surface area (Å²) in [7, 11) is 1.24. The van der Waals surface area contributed by atoms with Crippen molar-refractivity contribution in [3.05, 3.63) is 18.1 Å². The zero-order valence-electron chi connectivity index (χ0n) is 10.9. The van der Waals surface area contributed by atoms with Gasteiger partial charge in [0, 0.05) is 0 Å². The number of carboxylic acid groups (broad SMARTS) is 1. The van der Waals surface area contributed by atoms with Gasteiger partial charge in [-0.3, -0.25) is 4.98 Å². The molecule has 104 valence electrons. The van der Waals surface area contributed by atoms with Crippen LogP contribution in [-0.4, -0.2) is 40.2 Å². The largest absolute Gasteiger partial charge is 0.480 e. The lowest BCUT2D eigenvalue weighted by Gasteiger charge is -2.14. The molecule has 0 saturated carbocycles. The van der Waals surface area contributed by atoms with Crippen LogP contribution in [0.2, 0.25) is 0 Å². The van der Waals surface area contributed by atoms with Gasteiger partial charge in [-0.1, -0.05) is 19.8 Å². The molecule has 0 saturated heterocycles. The van der Waals surface area contributed by atoms with Crippen LogP contribution >= 0.6 is 0 Å². The van der Waals surface area contributed by atoms with Gasteiger partial charge in [-0.15, -0.1) is 0 Å². The lowest BCUT2D eigenvalue weighted by Crippen LogP contribution is -2.29. The highest BCUT2D eigenvalue weighted by atomic mass is 16.5. The van der Waals surface area contributed by atoms with Crippen LogP contribution in [0.1, 0.15) is 36.7 Å². The average Bonchev–Trinajstić information content (AvgIpc) is 2.42. The smallest absolute Gasteiger partial charge is 0.358 e. The van der Waals surface area contributed by atoms with Gasteiger partial charge in [0.05, 0.1) is 19.5 Å². The quantitative estimate of drug-likeness (QED) is 0.718. The molecule has 0 radical (unpaired) electrons. The van der Waals surface area contributed by atoms with Gasteiger partial charge in [-0.05, 0) is 6.42 Å². The molecule has 1 aromatic heterocycles. The Morgan fingerprint density at radius 2 is 2.21 bits per heavy atom. The number of hydrogen-bond donors (Lipinski definition) is 2. The Kier molecular flexibility index (Phi) is 5.72. The maximum Gasteiger partial charge on any atom is 0.358 e. The predicted octanol–water partition coefficient (Wildman–Crippen LogP) is 1.32. The minimum absolute atomic E-state index is 0.0344. The Morgan fingerprint density at radius 1 is 1.47 bits per heavy atom. The van der Waals surface area contributed by atoms with Crippen molar-refractivity contribution in [3.8, 4) is 0 Å². The van der Waals surface area contributed by atoms with Gasteiger partial charge in [0.1, 0.15) is 11.9 Å². The maximum atomic E-state index is 11.3. The van der Waals surface area contributed by atoms with Crippen molar-refractivity contribution >= 4 is 17.8 Å². The Balaban J connectivity index is 2.78. The highest BCUT2D eigenvalue weighted by Gasteiger charge is 2.18. The fraction of sp³-hybridized carbons (Fsp3) is 0.500. The summed E-state index contributed by atoms with van der Waals surface area (Å²) in [6, 6.07) is -0.748. The fourth-order valence-electron chi connectivity index (χ4n) is 1.48. The van der Waals surface area contributed by atoms with Gasteiger partial charge in [-0.25, -0.2) is 14.6 Å². The van der Waals surface area contributed by atoms with Crippen LogP contribution in [0.3, 0.4) is 0 Å². The first-order valence-electron chi connectivity index (χ1n) is 5.98. The number of unbranched alkanes of at least 4 members (excludes halogenated alkanes) is 1. The molecule has 7 heteroatoms. The molecule has 19 heavy (non-hydrogen) atoms. The lowest BCUT2D eigenvalue weighted by atomic mass is 10.1. The molecule has 0 amide bonds. The van der Waals surface area contributed by atoms with Gasteiger partial charge < -0.3 is 15.2 Å². The Morgan fingerprint density at radius 3 is 2.79 bits per heavy atom. The summed E-state index contributed by atoms with van der Waals surface area (Å²) in [5.74, 6) is -1.33. The monoisotopic (exact) mass is 267 g/mol. The number of aromatic nitrogens is 2. The van der Waals surface area contributed by atoms with Crippen LogP contribution in [0.5, 0.6) is 0 Å². The molecular weight excluding hydrogens is 250 g/mol. The number of aliphatic carboxylic acids is 1. The number of nitrogens with one attached hydrogen (secondary N) is 1. The second-order valence-electron chi connectivity index (χ2n) is 3.96. The van der Waals surface area contributed by atoms with Crippen LogP contribution < -0.4 is 5.32 Å². The summed E-state index contributed by atoms with van der Waals surface area (Å²) in [6.45, 7) is 1.98. The third-order valence-electron chi connectivity index (χ3n) is 2.50. The Labute approximate surface area is 111 Å². The first kappa shape index (κ1) is 14.9. The molecule has 0 aliphatic rings. The van der Waals surface area contributed by atoms with Gasteiger partial charge in [0.25, 0.3) is 0 Å². The van der Waals surface area contributed by atoms with Gasteiger partial charge >= 0.3 is 11.9 Å². The SMILES string of the molecule is CCCC[C@H](Nc1cncc(C(=O)OC)n1)C(=O)O. The van der Waals surface area contributed by atoms with Crippen LogP contribution in [0.25, 0.3) is 0 Å². The summed E-state index contributed by atoms with van der Waals surface area (Å²) < 4.78 is 4.52. The molecule has 2 N–H and O–H groups in total. The normalized spacial score (nSPS) is 11.7. The summed E-state index contributed by atoms with van der Waals surface area (Å²) in [4.78, 5) is 30.2. The second kappa shape index (κ2) is 7.30. The number of rotatable bonds is 7. The number of methoxy groups -OCH3 is 1. The van der Waals surface area contributed by atoms with E-state index in [1.807, 2.05) is 6.92 Å². The molecule has 1 atom stereocenters. The zero-order chi connectivity index (χ0) is 14.3. The van der Waals surface area contributed by atoms with Crippen molar-refractivity contribution in [1.29, 1.82) is 0 Å². The number of carbonyl (C=O) groups is 2. The molecule has 1 rings (SSSR count). The molecule has 0 aliphatic heterocycles. The fourth-order valence-corrected chi connectivity index (χ4v) is 1.48. The van der Waals surface area contributed by atoms with Crippen LogP contribution in [0.15, 0.2) is 12.4 Å². The van der Waals surface area contributed by atoms with E-state index in [-0.39, 0.29) is 11.5 Å². The third-order valence-corrected chi connectivity index (χ3v) is 2.50. The predicted molar refractivity (Wildman–Crippen MR) is 67.9 cm³/mol. The number of carboxylic acids is 1. The molecule has 0 spiro atoms. The van der Waals surface area contributed by atoms with Gasteiger partial charge in [0.15, 0.2) is 5.69 Å². The standard InChI is InChI=1S/C12H17N3O4/c1-3-4-5-8(11(16)17)14-10-7-13-6-9(15-10)12(18)19-2/h6-8H,3-5H2,1-2H3,(H,14,15)(H,16,17)/t8-/m0/s1. The average molecular weight is 267 g/mol. The summed E-state index contributed by atoms with van der Waals surface area (Å²) in [5.41, 5.74) is 0.0344. The first-order chi connectivity index (χ1) is 9.08. The molecule has 0 aromatic carbocycles. The highest BCUT2D eigenvalue weighted by molar-refractivity contribution is 5.87. The molecule has 0 fully saturated rings. The van der Waals surface area contributed by atoms with Crippen LogP contribution in [0.4, 0.5) is 5.82 Å². The second-order valence-corrected chi connectivity index (χ2v) is 3.96. The van der Waals surface area contributed by atoms with E-state index >= 15 is 0 Å². The minimum atomic E-state index is -0.960. The molecule has 7 nitrogen and oxygen atoms in total.